The van der Waals surface area contributed by atoms with Crippen LogP contribution in [0.5, 0.6) is 0 Å². The number of rotatable bonds is 3. The molecule has 1 amide bonds. The number of fused-ring (bicyclic) bond motifs is 1. The number of halogens is 1. The molecule has 29 heavy (non-hydrogen) atoms. The highest BCUT2D eigenvalue weighted by Gasteiger charge is 2.27. The van der Waals surface area contributed by atoms with E-state index in [9.17, 15) is 4.79 Å². The lowest BCUT2D eigenvalue weighted by Crippen LogP contribution is -2.37. The summed E-state index contributed by atoms with van der Waals surface area (Å²) in [6.07, 6.45) is 2.43. The smallest absolute Gasteiger partial charge is 0.272 e. The van der Waals surface area contributed by atoms with E-state index in [4.69, 9.17) is 16.0 Å². The molecular formula is C23H18ClN3O2. The Morgan fingerprint density at radius 1 is 1.00 bits per heavy atom. The number of nitrogens with zero attached hydrogens (tertiary/aromatic N) is 3. The van der Waals surface area contributed by atoms with Gasteiger partial charge in [0.1, 0.15) is 11.4 Å². The monoisotopic (exact) mass is 403 g/mol. The molecule has 5 rings (SSSR count). The maximum Gasteiger partial charge on any atom is 0.272 e. The summed E-state index contributed by atoms with van der Waals surface area (Å²) in [5, 5.41) is 5.16. The van der Waals surface area contributed by atoms with E-state index in [2.05, 4.69) is 17.2 Å². The molecule has 0 unspecified atom stereocenters. The Hall–Kier alpha value is -3.31. The molecule has 1 aliphatic rings. The van der Waals surface area contributed by atoms with Gasteiger partial charge in [0.25, 0.3) is 5.91 Å². The Kier molecular flexibility index (Phi) is 4.45. The number of amides is 1. The van der Waals surface area contributed by atoms with Gasteiger partial charge in [0, 0.05) is 19.2 Å². The van der Waals surface area contributed by atoms with Gasteiger partial charge in [0.05, 0.1) is 17.0 Å². The minimum Gasteiger partial charge on any atom is -0.463 e. The molecule has 0 saturated carbocycles. The number of hydrogen-bond acceptors (Lipinski definition) is 3. The van der Waals surface area contributed by atoms with Crippen molar-refractivity contribution in [2.45, 2.75) is 13.0 Å². The second-order valence-corrected chi connectivity index (χ2v) is 7.41. The van der Waals surface area contributed by atoms with Crippen LogP contribution in [0.15, 0.2) is 77.4 Å². The average Bonchev–Trinajstić information content (AvgIpc) is 3.43. The summed E-state index contributed by atoms with van der Waals surface area (Å²) in [4.78, 5) is 15.3. The lowest BCUT2D eigenvalue weighted by atomic mass is 10.00. The van der Waals surface area contributed by atoms with Gasteiger partial charge in [-0.2, -0.15) is 5.10 Å². The maximum absolute atomic E-state index is 13.5. The fraction of sp³-hybridized carbons (Fsp3) is 0.130. The Morgan fingerprint density at radius 3 is 2.59 bits per heavy atom. The minimum absolute atomic E-state index is 0.0790. The molecule has 0 aliphatic carbocycles. The Bertz CT molecular complexity index is 1180. The van der Waals surface area contributed by atoms with Crippen molar-refractivity contribution in [1.29, 1.82) is 0 Å². The summed E-state index contributed by atoms with van der Waals surface area (Å²) in [5.41, 5.74) is 4.20. The molecule has 1 aliphatic heterocycles. The van der Waals surface area contributed by atoms with Gasteiger partial charge in [-0.15, -0.1) is 0 Å². The van der Waals surface area contributed by atoms with Crippen LogP contribution in [0.4, 0.5) is 0 Å². The van der Waals surface area contributed by atoms with E-state index in [1.807, 2.05) is 41.3 Å². The predicted octanol–water partition coefficient (Wildman–Crippen LogP) is 4.98. The highest BCUT2D eigenvalue weighted by atomic mass is 35.5. The Balaban J connectivity index is 1.57. The van der Waals surface area contributed by atoms with Gasteiger partial charge >= 0.3 is 0 Å². The van der Waals surface area contributed by atoms with Crippen LogP contribution in [-0.2, 0) is 13.0 Å². The zero-order valence-electron chi connectivity index (χ0n) is 15.6. The van der Waals surface area contributed by atoms with E-state index in [0.717, 1.165) is 6.42 Å². The molecule has 6 heteroatoms. The van der Waals surface area contributed by atoms with Crippen LogP contribution in [0, 0.1) is 0 Å². The summed E-state index contributed by atoms with van der Waals surface area (Å²) in [7, 11) is 0. The third kappa shape index (κ3) is 3.23. The lowest BCUT2D eigenvalue weighted by molar-refractivity contribution is 0.0725. The van der Waals surface area contributed by atoms with E-state index in [1.54, 1.807) is 29.1 Å². The highest BCUT2D eigenvalue weighted by Crippen LogP contribution is 2.28. The van der Waals surface area contributed by atoms with E-state index in [0.29, 0.717) is 40.9 Å². The molecule has 0 N–H and O–H groups in total. The molecule has 0 radical (unpaired) electrons. The minimum atomic E-state index is -0.0790. The van der Waals surface area contributed by atoms with Gasteiger partial charge in [-0.25, -0.2) is 4.68 Å². The topological polar surface area (TPSA) is 51.3 Å². The van der Waals surface area contributed by atoms with Crippen molar-refractivity contribution >= 4 is 17.5 Å². The van der Waals surface area contributed by atoms with Crippen LogP contribution < -0.4 is 0 Å². The van der Waals surface area contributed by atoms with Crippen LogP contribution in [0.2, 0.25) is 5.02 Å². The number of furan rings is 1. The van der Waals surface area contributed by atoms with Gasteiger partial charge in [-0.3, -0.25) is 4.79 Å². The van der Waals surface area contributed by atoms with Gasteiger partial charge in [0.2, 0.25) is 0 Å². The molecule has 4 aromatic rings. The molecule has 144 valence electrons. The van der Waals surface area contributed by atoms with Crippen molar-refractivity contribution in [2.75, 3.05) is 6.54 Å². The molecule has 2 aromatic carbocycles. The molecule has 0 saturated heterocycles. The van der Waals surface area contributed by atoms with Gasteiger partial charge in [0.15, 0.2) is 5.76 Å². The molecule has 0 spiro atoms. The molecule has 2 aromatic heterocycles. The number of hydrogen-bond donors (Lipinski definition) is 0. The maximum atomic E-state index is 13.5. The summed E-state index contributed by atoms with van der Waals surface area (Å²) in [6.45, 7) is 1.25. The van der Waals surface area contributed by atoms with Crippen molar-refractivity contribution in [3.05, 3.63) is 94.8 Å². The van der Waals surface area contributed by atoms with Gasteiger partial charge in [-0.05, 0) is 41.8 Å². The van der Waals surface area contributed by atoms with Crippen molar-refractivity contribution in [3.63, 3.8) is 0 Å². The van der Waals surface area contributed by atoms with Crippen molar-refractivity contribution in [1.82, 2.24) is 14.7 Å². The molecule has 3 heterocycles. The molecule has 0 atom stereocenters. The third-order valence-electron chi connectivity index (χ3n) is 5.20. The van der Waals surface area contributed by atoms with Crippen LogP contribution in [-0.4, -0.2) is 27.1 Å². The fourth-order valence-corrected chi connectivity index (χ4v) is 3.93. The zero-order valence-corrected chi connectivity index (χ0v) is 16.3. The second-order valence-electron chi connectivity index (χ2n) is 7.00. The van der Waals surface area contributed by atoms with E-state index >= 15 is 0 Å². The van der Waals surface area contributed by atoms with Crippen LogP contribution in [0.25, 0.3) is 17.1 Å². The quantitative estimate of drug-likeness (QED) is 0.484. The van der Waals surface area contributed by atoms with Crippen LogP contribution in [0.1, 0.15) is 21.6 Å². The largest absolute Gasteiger partial charge is 0.463 e. The third-order valence-corrected chi connectivity index (χ3v) is 5.52. The van der Waals surface area contributed by atoms with E-state index < -0.39 is 0 Å². The number of benzene rings is 2. The first-order valence-electron chi connectivity index (χ1n) is 9.45. The highest BCUT2D eigenvalue weighted by molar-refractivity contribution is 6.32. The summed E-state index contributed by atoms with van der Waals surface area (Å²) >= 11 is 6.41. The summed E-state index contributed by atoms with van der Waals surface area (Å²) in [6, 6.07) is 21.0. The second kappa shape index (κ2) is 7.26. The SMILES string of the molecule is O=C(c1cc(-c2ccco2)nn1-c1ccccc1Cl)N1CCc2ccccc2C1. The summed E-state index contributed by atoms with van der Waals surface area (Å²) < 4.78 is 7.11. The number of para-hydroxylation sites is 1. The molecule has 5 nitrogen and oxygen atoms in total. The van der Waals surface area contributed by atoms with Crippen LogP contribution in [0.3, 0.4) is 0 Å². The Labute approximate surface area is 173 Å². The summed E-state index contributed by atoms with van der Waals surface area (Å²) in [5.74, 6) is 0.526. The predicted molar refractivity (Wildman–Crippen MR) is 111 cm³/mol. The van der Waals surface area contributed by atoms with Crippen LogP contribution >= 0.6 is 11.6 Å². The Morgan fingerprint density at radius 2 is 1.79 bits per heavy atom. The number of carbonyl (C=O) groups excluding carboxylic acids is 1. The number of carbonyl (C=O) groups is 1. The van der Waals surface area contributed by atoms with E-state index in [-0.39, 0.29) is 5.91 Å². The van der Waals surface area contributed by atoms with Gasteiger partial charge in [-0.1, -0.05) is 48.0 Å². The van der Waals surface area contributed by atoms with Crippen molar-refractivity contribution in [3.8, 4) is 17.1 Å². The fourth-order valence-electron chi connectivity index (χ4n) is 3.72. The van der Waals surface area contributed by atoms with Crippen molar-refractivity contribution in [2.24, 2.45) is 0 Å². The lowest BCUT2D eigenvalue weighted by Gasteiger charge is -2.29. The van der Waals surface area contributed by atoms with Crippen molar-refractivity contribution < 1.29 is 9.21 Å². The first-order chi connectivity index (χ1) is 14.2. The average molecular weight is 404 g/mol. The molecule has 0 fully saturated rings. The number of aromatic nitrogens is 2. The first kappa shape index (κ1) is 17.8. The zero-order chi connectivity index (χ0) is 19.8. The molecule has 0 bridgehead atoms. The standard InChI is InChI=1S/C23H18ClN3O2/c24-18-8-3-4-9-20(18)27-21(14-19(25-27)22-10-5-13-29-22)23(28)26-12-11-16-6-1-2-7-17(16)15-26/h1-10,13-14H,11-12,15H2. The first-order valence-corrected chi connectivity index (χ1v) is 9.83. The van der Waals surface area contributed by atoms with E-state index in [1.165, 1.54) is 11.1 Å². The normalized spacial score (nSPS) is 13.3. The van der Waals surface area contributed by atoms with Gasteiger partial charge < -0.3 is 9.32 Å². The molecular weight excluding hydrogens is 386 g/mol.